The van der Waals surface area contributed by atoms with Gasteiger partial charge in [-0.2, -0.15) is 11.3 Å². The first-order chi connectivity index (χ1) is 10.2. The highest BCUT2D eigenvalue weighted by Crippen LogP contribution is 2.19. The summed E-state index contributed by atoms with van der Waals surface area (Å²) in [5, 5.41) is 8.36. The third-order valence-corrected chi connectivity index (χ3v) is 4.42. The fourth-order valence-corrected chi connectivity index (χ4v) is 3.26. The number of amides is 1. The fourth-order valence-electron chi connectivity index (χ4n) is 2.51. The molecule has 2 aromatic heterocycles. The monoisotopic (exact) mass is 298 g/mol. The quantitative estimate of drug-likeness (QED) is 0.733. The Hall–Kier alpha value is -2.07. The lowest BCUT2D eigenvalue weighted by Gasteiger charge is -2.12. The number of nitrogens with one attached hydrogen (secondary N) is 2. The molecule has 4 heteroatoms. The van der Waals surface area contributed by atoms with Gasteiger partial charge in [0.25, 0.3) is 0 Å². The summed E-state index contributed by atoms with van der Waals surface area (Å²) in [6, 6.07) is 10.3. The number of aryl methyl sites for hydroxylation is 1. The van der Waals surface area contributed by atoms with Crippen LogP contribution < -0.4 is 5.32 Å². The number of aromatic nitrogens is 1. The van der Waals surface area contributed by atoms with E-state index in [2.05, 4.69) is 33.9 Å². The van der Waals surface area contributed by atoms with Crippen molar-refractivity contribution in [3.8, 4) is 0 Å². The van der Waals surface area contributed by atoms with Gasteiger partial charge in [0.05, 0.1) is 6.04 Å². The maximum Gasteiger partial charge on any atom is 0.220 e. The van der Waals surface area contributed by atoms with E-state index in [1.54, 1.807) is 11.3 Å². The Kier molecular flexibility index (Phi) is 4.06. The normalized spacial score (nSPS) is 12.4. The fraction of sp³-hybridized carbons (Fsp3) is 0.235. The zero-order valence-corrected chi connectivity index (χ0v) is 12.7. The maximum absolute atomic E-state index is 12.1. The van der Waals surface area contributed by atoms with Gasteiger partial charge in [0.15, 0.2) is 0 Å². The smallest absolute Gasteiger partial charge is 0.220 e. The number of H-pyrrole nitrogens is 1. The molecule has 0 spiro atoms. The van der Waals surface area contributed by atoms with Crippen molar-refractivity contribution in [2.45, 2.75) is 25.8 Å². The first kappa shape index (κ1) is 13.9. The van der Waals surface area contributed by atoms with Crippen molar-refractivity contribution in [3.05, 3.63) is 58.4 Å². The van der Waals surface area contributed by atoms with E-state index in [1.807, 2.05) is 30.6 Å². The van der Waals surface area contributed by atoms with Crippen LogP contribution in [-0.4, -0.2) is 10.9 Å². The van der Waals surface area contributed by atoms with Crippen LogP contribution in [0, 0.1) is 0 Å². The molecule has 1 unspecified atom stereocenters. The minimum Gasteiger partial charge on any atom is -0.361 e. The lowest BCUT2D eigenvalue weighted by Crippen LogP contribution is -2.26. The number of para-hydroxylation sites is 1. The Morgan fingerprint density at radius 3 is 3.00 bits per heavy atom. The van der Waals surface area contributed by atoms with Gasteiger partial charge < -0.3 is 10.3 Å². The summed E-state index contributed by atoms with van der Waals surface area (Å²) in [7, 11) is 0. The predicted molar refractivity (Wildman–Crippen MR) is 87.5 cm³/mol. The lowest BCUT2D eigenvalue weighted by atomic mass is 10.1. The number of aromatic amines is 1. The number of hydrogen-bond donors (Lipinski definition) is 2. The molecular formula is C17H18N2OS. The van der Waals surface area contributed by atoms with Gasteiger partial charge >= 0.3 is 0 Å². The Morgan fingerprint density at radius 2 is 2.19 bits per heavy atom. The molecule has 3 rings (SSSR count). The van der Waals surface area contributed by atoms with E-state index >= 15 is 0 Å². The van der Waals surface area contributed by atoms with E-state index in [0.29, 0.717) is 6.42 Å². The minimum atomic E-state index is 0.0757. The van der Waals surface area contributed by atoms with E-state index < -0.39 is 0 Å². The lowest BCUT2D eigenvalue weighted by molar-refractivity contribution is -0.121. The van der Waals surface area contributed by atoms with Crippen molar-refractivity contribution >= 4 is 28.1 Å². The molecule has 1 aromatic carbocycles. The molecule has 0 radical (unpaired) electrons. The number of fused-ring (bicyclic) bond motifs is 1. The molecule has 0 aliphatic heterocycles. The van der Waals surface area contributed by atoms with Crippen LogP contribution in [0.1, 0.15) is 30.5 Å². The van der Waals surface area contributed by atoms with Crippen molar-refractivity contribution in [3.63, 3.8) is 0 Å². The standard InChI is InChI=1S/C17H18N2OS/c1-12(14-8-9-21-11-14)19-17(20)7-6-13-10-18-16-5-3-2-4-15(13)16/h2-5,8-12,18H,6-7H2,1H3,(H,19,20). The number of benzene rings is 1. The zero-order valence-electron chi connectivity index (χ0n) is 11.9. The molecule has 1 atom stereocenters. The van der Waals surface area contributed by atoms with Crippen molar-refractivity contribution in [1.29, 1.82) is 0 Å². The summed E-state index contributed by atoms with van der Waals surface area (Å²) in [6.07, 6.45) is 3.27. The van der Waals surface area contributed by atoms with E-state index in [9.17, 15) is 4.79 Å². The molecule has 108 valence electrons. The van der Waals surface area contributed by atoms with Gasteiger partial charge in [0.1, 0.15) is 0 Å². The Bertz CT molecular complexity index is 730. The van der Waals surface area contributed by atoms with Crippen LogP contribution in [0.2, 0.25) is 0 Å². The highest BCUT2D eigenvalue weighted by atomic mass is 32.1. The minimum absolute atomic E-state index is 0.0757. The zero-order chi connectivity index (χ0) is 14.7. The summed E-state index contributed by atoms with van der Waals surface area (Å²) in [5.41, 5.74) is 3.49. The van der Waals surface area contributed by atoms with Crippen LogP contribution >= 0.6 is 11.3 Å². The molecular weight excluding hydrogens is 280 g/mol. The van der Waals surface area contributed by atoms with Gasteiger partial charge in [-0.3, -0.25) is 4.79 Å². The summed E-state index contributed by atoms with van der Waals surface area (Å²) < 4.78 is 0. The number of hydrogen-bond acceptors (Lipinski definition) is 2. The summed E-state index contributed by atoms with van der Waals surface area (Å²) >= 11 is 1.65. The van der Waals surface area contributed by atoms with Crippen molar-refractivity contribution < 1.29 is 4.79 Å². The molecule has 1 amide bonds. The van der Waals surface area contributed by atoms with E-state index in [-0.39, 0.29) is 11.9 Å². The van der Waals surface area contributed by atoms with Crippen LogP contribution in [0.25, 0.3) is 10.9 Å². The average molecular weight is 298 g/mol. The second-order valence-corrected chi connectivity index (χ2v) is 5.99. The molecule has 0 saturated carbocycles. The largest absolute Gasteiger partial charge is 0.361 e. The highest BCUT2D eigenvalue weighted by molar-refractivity contribution is 7.07. The summed E-state index contributed by atoms with van der Waals surface area (Å²) in [6.45, 7) is 2.02. The van der Waals surface area contributed by atoms with Crippen LogP contribution in [0.15, 0.2) is 47.3 Å². The van der Waals surface area contributed by atoms with Crippen molar-refractivity contribution in [2.75, 3.05) is 0 Å². The number of carbonyl (C=O) groups is 1. The third kappa shape index (κ3) is 3.16. The molecule has 2 heterocycles. The first-order valence-electron chi connectivity index (χ1n) is 7.10. The average Bonchev–Trinajstić information content (AvgIpc) is 3.15. The Balaban J connectivity index is 1.58. The molecule has 2 N–H and O–H groups in total. The molecule has 0 aliphatic rings. The van der Waals surface area contributed by atoms with Crippen molar-refractivity contribution in [1.82, 2.24) is 10.3 Å². The molecule has 0 saturated heterocycles. The molecule has 3 aromatic rings. The van der Waals surface area contributed by atoms with Crippen LogP contribution in [0.3, 0.4) is 0 Å². The molecule has 0 fully saturated rings. The number of carbonyl (C=O) groups excluding carboxylic acids is 1. The first-order valence-corrected chi connectivity index (χ1v) is 8.05. The van der Waals surface area contributed by atoms with Gasteiger partial charge in [-0.05, 0) is 47.4 Å². The number of thiophene rings is 1. The molecule has 0 bridgehead atoms. The third-order valence-electron chi connectivity index (χ3n) is 3.72. The van der Waals surface area contributed by atoms with Gasteiger partial charge in [-0.1, -0.05) is 18.2 Å². The topological polar surface area (TPSA) is 44.9 Å². The Morgan fingerprint density at radius 1 is 1.33 bits per heavy atom. The van der Waals surface area contributed by atoms with Crippen molar-refractivity contribution in [2.24, 2.45) is 0 Å². The SMILES string of the molecule is CC(NC(=O)CCc1c[nH]c2ccccc12)c1ccsc1. The van der Waals surface area contributed by atoms with E-state index in [4.69, 9.17) is 0 Å². The van der Waals surface area contributed by atoms with E-state index in [1.165, 1.54) is 16.5 Å². The summed E-state index contributed by atoms with van der Waals surface area (Å²) in [5.74, 6) is 0.0963. The van der Waals surface area contributed by atoms with Gasteiger partial charge in [-0.25, -0.2) is 0 Å². The van der Waals surface area contributed by atoms with Crippen LogP contribution in [0.4, 0.5) is 0 Å². The highest BCUT2D eigenvalue weighted by Gasteiger charge is 2.11. The molecule has 3 nitrogen and oxygen atoms in total. The van der Waals surface area contributed by atoms with Crippen LogP contribution in [0.5, 0.6) is 0 Å². The molecule has 0 aliphatic carbocycles. The second kappa shape index (κ2) is 6.14. The van der Waals surface area contributed by atoms with Crippen LogP contribution in [-0.2, 0) is 11.2 Å². The second-order valence-electron chi connectivity index (χ2n) is 5.21. The Labute approximate surface area is 128 Å². The molecule has 21 heavy (non-hydrogen) atoms. The predicted octanol–water partition coefficient (Wildman–Crippen LogP) is 4.04. The number of rotatable bonds is 5. The van der Waals surface area contributed by atoms with E-state index in [0.717, 1.165) is 11.9 Å². The summed E-state index contributed by atoms with van der Waals surface area (Å²) in [4.78, 5) is 15.3. The van der Waals surface area contributed by atoms with Gasteiger partial charge in [-0.15, -0.1) is 0 Å². The maximum atomic E-state index is 12.1. The van der Waals surface area contributed by atoms with Gasteiger partial charge in [0, 0.05) is 23.5 Å². The van der Waals surface area contributed by atoms with Gasteiger partial charge in [0.2, 0.25) is 5.91 Å².